The van der Waals surface area contributed by atoms with Crippen LogP contribution in [0.5, 0.6) is 23.0 Å². The average molecular weight is 475 g/mol. The predicted molar refractivity (Wildman–Crippen MR) is 127 cm³/mol. The van der Waals surface area contributed by atoms with Crippen LogP contribution >= 0.6 is 0 Å². The molecule has 35 heavy (non-hydrogen) atoms. The molecule has 0 N–H and O–H groups in total. The number of rotatable bonds is 6. The summed E-state index contributed by atoms with van der Waals surface area (Å²) in [5, 5.41) is 0. The molecule has 1 aliphatic heterocycles. The third kappa shape index (κ3) is 3.26. The molecule has 0 spiro atoms. The molecule has 1 heterocycles. The van der Waals surface area contributed by atoms with Crippen molar-refractivity contribution >= 4 is 11.8 Å². The van der Waals surface area contributed by atoms with Crippen molar-refractivity contribution < 1.29 is 33.3 Å². The van der Waals surface area contributed by atoms with E-state index in [1.165, 1.54) is 21.3 Å². The smallest absolute Gasteiger partial charge is 0.313 e. The first-order valence-electron chi connectivity index (χ1n) is 11.3. The number of Topliss-reactive ketones (excluding diaryl/α,β-unsaturated/α-hetero) is 1. The monoisotopic (exact) mass is 474 g/mol. The van der Waals surface area contributed by atoms with Gasteiger partial charge in [0, 0.05) is 18.1 Å². The molecule has 0 saturated heterocycles. The molecule has 0 amide bonds. The summed E-state index contributed by atoms with van der Waals surface area (Å²) < 4.78 is 28.2. The standard InChI is InChI=1S/C28H26O7/c1-31-18-12-10-17(11-13-18)28-24(22(25(28)27(30)34-4)16-8-6-5-7-9-16)26(29)23-20(33-3)14-19(32-2)15-21(23)35-28/h5-15,22,24-25H,1-4H3/t22?,24?,25?,28-/m1/s1. The van der Waals surface area contributed by atoms with Crippen molar-refractivity contribution in [1.82, 2.24) is 0 Å². The molecule has 1 saturated carbocycles. The normalized spacial score (nSPS) is 24.2. The number of methoxy groups -OCH3 is 4. The minimum Gasteiger partial charge on any atom is -0.497 e. The maximum absolute atomic E-state index is 14.2. The Morgan fingerprint density at radius 2 is 1.54 bits per heavy atom. The van der Waals surface area contributed by atoms with E-state index < -0.39 is 29.3 Å². The molecule has 180 valence electrons. The lowest BCUT2D eigenvalue weighted by Gasteiger charge is -2.60. The summed E-state index contributed by atoms with van der Waals surface area (Å²) >= 11 is 0. The molecular weight excluding hydrogens is 448 g/mol. The lowest BCUT2D eigenvalue weighted by atomic mass is 9.47. The summed E-state index contributed by atoms with van der Waals surface area (Å²) in [5.41, 5.74) is 0.615. The van der Waals surface area contributed by atoms with Gasteiger partial charge in [0.15, 0.2) is 11.4 Å². The van der Waals surface area contributed by atoms with E-state index in [4.69, 9.17) is 23.7 Å². The van der Waals surface area contributed by atoms with Crippen LogP contribution in [-0.2, 0) is 15.1 Å². The van der Waals surface area contributed by atoms with Crippen LogP contribution in [0.2, 0.25) is 0 Å². The van der Waals surface area contributed by atoms with E-state index in [1.54, 1.807) is 31.4 Å². The highest BCUT2D eigenvalue weighted by Crippen LogP contribution is 2.66. The molecule has 0 bridgehead atoms. The van der Waals surface area contributed by atoms with E-state index in [1.807, 2.05) is 42.5 Å². The van der Waals surface area contributed by atoms with Gasteiger partial charge in [0.1, 0.15) is 34.5 Å². The van der Waals surface area contributed by atoms with Crippen LogP contribution in [0.3, 0.4) is 0 Å². The quantitative estimate of drug-likeness (QED) is 0.491. The Hall–Kier alpha value is -4.00. The van der Waals surface area contributed by atoms with Gasteiger partial charge in [-0.25, -0.2) is 0 Å². The van der Waals surface area contributed by atoms with Gasteiger partial charge in [0.25, 0.3) is 0 Å². The zero-order chi connectivity index (χ0) is 24.7. The van der Waals surface area contributed by atoms with Crippen LogP contribution < -0.4 is 18.9 Å². The Balaban J connectivity index is 1.77. The topological polar surface area (TPSA) is 80.3 Å². The van der Waals surface area contributed by atoms with Crippen molar-refractivity contribution in [2.75, 3.05) is 28.4 Å². The minimum absolute atomic E-state index is 0.157. The van der Waals surface area contributed by atoms with Gasteiger partial charge in [0.2, 0.25) is 0 Å². The van der Waals surface area contributed by atoms with E-state index in [2.05, 4.69) is 0 Å². The zero-order valence-electron chi connectivity index (χ0n) is 19.9. The van der Waals surface area contributed by atoms with Crippen LogP contribution in [0.25, 0.3) is 0 Å². The van der Waals surface area contributed by atoms with Crippen molar-refractivity contribution in [1.29, 1.82) is 0 Å². The van der Waals surface area contributed by atoms with Crippen LogP contribution in [0.4, 0.5) is 0 Å². The molecule has 7 nitrogen and oxygen atoms in total. The molecule has 2 aliphatic rings. The number of hydrogen-bond donors (Lipinski definition) is 0. The third-order valence-corrected chi connectivity index (χ3v) is 7.13. The van der Waals surface area contributed by atoms with Crippen LogP contribution in [0.15, 0.2) is 66.7 Å². The highest BCUT2D eigenvalue weighted by atomic mass is 16.5. The van der Waals surface area contributed by atoms with Crippen LogP contribution in [-0.4, -0.2) is 40.2 Å². The van der Waals surface area contributed by atoms with E-state index >= 15 is 0 Å². The van der Waals surface area contributed by atoms with Crippen molar-refractivity contribution in [2.45, 2.75) is 11.5 Å². The Labute approximate surface area is 203 Å². The lowest BCUT2D eigenvalue weighted by molar-refractivity contribution is -0.186. The van der Waals surface area contributed by atoms with E-state index in [0.717, 1.165) is 5.56 Å². The highest BCUT2D eigenvalue weighted by Gasteiger charge is 2.73. The third-order valence-electron chi connectivity index (χ3n) is 7.13. The first kappa shape index (κ1) is 22.8. The van der Waals surface area contributed by atoms with Gasteiger partial charge in [-0.1, -0.05) is 42.5 Å². The van der Waals surface area contributed by atoms with Gasteiger partial charge >= 0.3 is 5.97 Å². The van der Waals surface area contributed by atoms with Gasteiger partial charge in [-0.15, -0.1) is 0 Å². The maximum atomic E-state index is 14.2. The fourth-order valence-corrected chi connectivity index (χ4v) is 5.57. The molecule has 7 heteroatoms. The molecular formula is C28H26O7. The van der Waals surface area contributed by atoms with E-state index in [0.29, 0.717) is 34.1 Å². The molecule has 1 aliphatic carbocycles. The van der Waals surface area contributed by atoms with Gasteiger partial charge < -0.3 is 23.7 Å². The molecule has 3 unspecified atom stereocenters. The largest absolute Gasteiger partial charge is 0.497 e. The van der Waals surface area contributed by atoms with Crippen molar-refractivity contribution in [2.24, 2.45) is 11.8 Å². The van der Waals surface area contributed by atoms with Gasteiger partial charge in [-0.05, 0) is 23.3 Å². The molecule has 5 rings (SSSR count). The molecule has 4 atom stereocenters. The van der Waals surface area contributed by atoms with E-state index in [9.17, 15) is 9.59 Å². The Morgan fingerprint density at radius 1 is 0.857 bits per heavy atom. The Morgan fingerprint density at radius 3 is 2.14 bits per heavy atom. The number of fused-ring (bicyclic) bond motifs is 2. The predicted octanol–water partition coefficient (Wildman–Crippen LogP) is 4.39. The summed E-state index contributed by atoms with van der Waals surface area (Å²) in [6, 6.07) is 20.1. The second-order valence-electron chi connectivity index (χ2n) is 8.61. The number of benzene rings is 3. The number of ketones is 1. The number of ether oxygens (including phenoxy) is 5. The number of hydrogen-bond acceptors (Lipinski definition) is 7. The molecule has 3 aromatic rings. The zero-order valence-corrected chi connectivity index (χ0v) is 19.9. The van der Waals surface area contributed by atoms with Crippen LogP contribution in [0.1, 0.15) is 27.4 Å². The molecule has 1 fully saturated rings. The summed E-state index contributed by atoms with van der Waals surface area (Å²) in [6.45, 7) is 0. The van der Waals surface area contributed by atoms with Gasteiger partial charge in [-0.3, -0.25) is 9.59 Å². The average Bonchev–Trinajstić information content (AvgIpc) is 2.89. The van der Waals surface area contributed by atoms with E-state index in [-0.39, 0.29) is 5.78 Å². The summed E-state index contributed by atoms with van der Waals surface area (Å²) in [4.78, 5) is 27.5. The van der Waals surface area contributed by atoms with Crippen LogP contribution in [0, 0.1) is 11.8 Å². The number of esters is 1. The summed E-state index contributed by atoms with van der Waals surface area (Å²) in [6.07, 6.45) is 0. The van der Waals surface area contributed by atoms with Crippen molar-refractivity contribution in [3.63, 3.8) is 0 Å². The number of carbonyl (C=O) groups is 2. The van der Waals surface area contributed by atoms with Gasteiger partial charge in [0.05, 0.1) is 34.4 Å². The Kier molecular flexibility index (Phi) is 5.63. The van der Waals surface area contributed by atoms with Gasteiger partial charge in [-0.2, -0.15) is 0 Å². The second-order valence-corrected chi connectivity index (χ2v) is 8.61. The minimum atomic E-state index is -1.28. The Bertz CT molecular complexity index is 1270. The number of carbonyl (C=O) groups excluding carboxylic acids is 2. The molecule has 3 aromatic carbocycles. The highest BCUT2D eigenvalue weighted by molar-refractivity contribution is 6.07. The first-order chi connectivity index (χ1) is 17.0. The fourth-order valence-electron chi connectivity index (χ4n) is 5.57. The first-order valence-corrected chi connectivity index (χ1v) is 11.3. The maximum Gasteiger partial charge on any atom is 0.313 e. The second kappa shape index (κ2) is 8.65. The van der Waals surface area contributed by atoms with Crippen molar-refractivity contribution in [3.8, 4) is 23.0 Å². The lowest BCUT2D eigenvalue weighted by Crippen LogP contribution is -2.68. The van der Waals surface area contributed by atoms with Crippen molar-refractivity contribution in [3.05, 3.63) is 83.4 Å². The summed E-state index contributed by atoms with van der Waals surface area (Å²) in [5.74, 6) is -0.697. The fraction of sp³-hybridized carbons (Fsp3) is 0.286. The SMILES string of the molecule is COC(=O)C1C(c2ccccc2)C2C(=O)c3c(OC)cc(OC)cc3O[C@@]12c1ccc(OC)cc1. The molecule has 0 radical (unpaired) electrons. The molecule has 0 aromatic heterocycles. The summed E-state index contributed by atoms with van der Waals surface area (Å²) in [7, 11) is 5.96.